The van der Waals surface area contributed by atoms with Crippen molar-refractivity contribution < 1.29 is 33.6 Å². The lowest BCUT2D eigenvalue weighted by molar-refractivity contribution is -0.385. The molecule has 0 atom stereocenters. The average molecular weight is 398 g/mol. The molecule has 1 aliphatic heterocycles. The smallest absolute Gasteiger partial charge is 0.331 e. The number of hydrogen-bond acceptors (Lipinski definition) is 8. The van der Waals surface area contributed by atoms with Gasteiger partial charge in [0.15, 0.2) is 0 Å². The number of carbonyl (C=O) groups excluding carboxylic acids is 4. The summed E-state index contributed by atoms with van der Waals surface area (Å²) in [5.41, 5.74) is -0.339. The Hall–Kier alpha value is -4.08. The Balaban J connectivity index is 1.69. The van der Waals surface area contributed by atoms with Crippen molar-refractivity contribution in [2.24, 2.45) is 0 Å². The van der Waals surface area contributed by atoms with Gasteiger partial charge in [-0.25, -0.2) is 4.79 Å². The molecular weight excluding hydrogens is 384 g/mol. The lowest BCUT2D eigenvalue weighted by Gasteiger charge is -2.13. The lowest BCUT2D eigenvalue weighted by Crippen LogP contribution is -2.36. The number of carbonyl (C=O) groups is 4. The van der Waals surface area contributed by atoms with Crippen molar-refractivity contribution in [1.29, 1.82) is 0 Å². The number of amides is 2. The Bertz CT molecular complexity index is 1030. The van der Waals surface area contributed by atoms with Crippen LogP contribution in [0.5, 0.6) is 5.75 Å². The van der Waals surface area contributed by atoms with Crippen LogP contribution in [0.25, 0.3) is 0 Å². The van der Waals surface area contributed by atoms with Crippen molar-refractivity contribution >= 4 is 29.4 Å². The van der Waals surface area contributed by atoms with Gasteiger partial charge in [0.05, 0.1) is 24.0 Å². The Morgan fingerprint density at radius 3 is 2.34 bits per heavy atom. The fourth-order valence-corrected chi connectivity index (χ4v) is 2.82. The number of nitrogens with zero attached hydrogens (tertiary/aromatic N) is 2. The number of ether oxygens (including phenoxy) is 2. The highest BCUT2D eigenvalue weighted by Gasteiger charge is 2.41. The molecule has 1 aliphatic rings. The van der Waals surface area contributed by atoms with E-state index in [0.717, 1.165) is 6.07 Å². The molecule has 0 radical (unpaired) electrons. The molecule has 29 heavy (non-hydrogen) atoms. The Labute approximate surface area is 163 Å². The Kier molecular flexibility index (Phi) is 5.35. The second-order valence-electron chi connectivity index (χ2n) is 6.02. The molecule has 3 rings (SSSR count). The molecule has 148 valence electrons. The van der Waals surface area contributed by atoms with Crippen LogP contribution in [0.2, 0.25) is 0 Å². The Morgan fingerprint density at radius 1 is 1.03 bits per heavy atom. The summed E-state index contributed by atoms with van der Waals surface area (Å²) in [6.07, 6.45) is 0.0541. The minimum absolute atomic E-state index is 0.0541. The first-order chi connectivity index (χ1) is 13.8. The van der Waals surface area contributed by atoms with Crippen molar-refractivity contribution in [2.75, 3.05) is 13.7 Å². The highest BCUT2D eigenvalue weighted by atomic mass is 16.6. The molecule has 1 heterocycles. The van der Waals surface area contributed by atoms with Crippen LogP contribution in [-0.4, -0.2) is 47.2 Å². The van der Waals surface area contributed by atoms with Gasteiger partial charge in [-0.3, -0.25) is 29.4 Å². The topological polar surface area (TPSA) is 133 Å². The van der Waals surface area contributed by atoms with Gasteiger partial charge < -0.3 is 9.47 Å². The van der Waals surface area contributed by atoms with Crippen molar-refractivity contribution in [3.8, 4) is 5.75 Å². The number of methoxy groups -OCH3 is 1. The van der Waals surface area contributed by atoms with Crippen LogP contribution < -0.4 is 4.74 Å². The van der Waals surface area contributed by atoms with Gasteiger partial charge in [0.25, 0.3) is 17.5 Å². The molecule has 2 aromatic carbocycles. The molecule has 10 nitrogen and oxygen atoms in total. The second-order valence-corrected chi connectivity index (χ2v) is 6.02. The van der Waals surface area contributed by atoms with Crippen molar-refractivity contribution in [2.45, 2.75) is 6.42 Å². The van der Waals surface area contributed by atoms with E-state index in [2.05, 4.69) is 4.74 Å². The fraction of sp³-hybridized carbons (Fsp3) is 0.158. The summed E-state index contributed by atoms with van der Waals surface area (Å²) in [6.45, 7) is -0.701. The number of imide groups is 1. The van der Waals surface area contributed by atoms with Crippen LogP contribution in [0.1, 0.15) is 26.3 Å². The van der Waals surface area contributed by atoms with Crippen molar-refractivity contribution in [3.63, 3.8) is 0 Å². The van der Waals surface area contributed by atoms with E-state index in [1.807, 2.05) is 0 Å². The highest BCUT2D eigenvalue weighted by Crippen LogP contribution is 2.30. The van der Waals surface area contributed by atoms with Crippen molar-refractivity contribution in [3.05, 3.63) is 69.3 Å². The third-order valence-corrected chi connectivity index (χ3v) is 4.19. The molecule has 0 spiro atoms. The fourth-order valence-electron chi connectivity index (χ4n) is 2.82. The number of nitro groups is 1. The average Bonchev–Trinajstić information content (AvgIpc) is 2.94. The number of esters is 2. The molecule has 0 saturated carbocycles. The minimum atomic E-state index is -0.928. The van der Waals surface area contributed by atoms with Gasteiger partial charge >= 0.3 is 11.9 Å². The third-order valence-electron chi connectivity index (χ3n) is 4.19. The number of nitro benzene ring substituents is 1. The molecule has 0 N–H and O–H groups in total. The van der Waals surface area contributed by atoms with E-state index in [9.17, 15) is 29.3 Å². The summed E-state index contributed by atoms with van der Waals surface area (Å²) in [4.78, 5) is 59.2. The summed E-state index contributed by atoms with van der Waals surface area (Å²) < 4.78 is 9.66. The van der Waals surface area contributed by atoms with E-state index in [1.54, 1.807) is 12.1 Å². The number of hydrogen-bond donors (Lipinski definition) is 0. The molecule has 0 bridgehead atoms. The zero-order chi connectivity index (χ0) is 21.1. The van der Waals surface area contributed by atoms with Gasteiger partial charge in [-0.2, -0.15) is 0 Å². The van der Waals surface area contributed by atoms with Gasteiger partial charge in [-0.05, 0) is 23.8 Å². The first-order valence-electron chi connectivity index (χ1n) is 8.32. The van der Waals surface area contributed by atoms with Gasteiger partial charge in [0, 0.05) is 6.07 Å². The van der Waals surface area contributed by atoms with Gasteiger partial charge in [-0.15, -0.1) is 0 Å². The van der Waals surface area contributed by atoms with E-state index in [1.165, 1.54) is 31.4 Å². The van der Waals surface area contributed by atoms with Crippen LogP contribution in [0.4, 0.5) is 5.69 Å². The molecule has 0 unspecified atom stereocenters. The predicted molar refractivity (Wildman–Crippen MR) is 96.3 cm³/mol. The summed E-state index contributed by atoms with van der Waals surface area (Å²) >= 11 is 0. The first kappa shape index (κ1) is 19.7. The maximum atomic E-state index is 12.4. The van der Waals surface area contributed by atoms with Crippen LogP contribution in [-0.2, 0) is 20.7 Å². The van der Waals surface area contributed by atoms with Gasteiger partial charge in [-0.1, -0.05) is 18.2 Å². The molecule has 0 fully saturated rings. The predicted octanol–water partition coefficient (Wildman–Crippen LogP) is 1.51. The molecular formula is C19H14N2O8. The van der Waals surface area contributed by atoms with Crippen LogP contribution in [0.3, 0.4) is 0 Å². The summed E-state index contributed by atoms with van der Waals surface area (Å²) in [6, 6.07) is 9.71. The maximum absolute atomic E-state index is 12.4. The van der Waals surface area contributed by atoms with E-state index in [4.69, 9.17) is 4.74 Å². The minimum Gasteiger partial charge on any atom is -0.469 e. The van der Waals surface area contributed by atoms with Gasteiger partial charge in [0.2, 0.25) is 0 Å². The van der Waals surface area contributed by atoms with E-state index < -0.39 is 40.9 Å². The highest BCUT2D eigenvalue weighted by molar-refractivity contribution is 6.24. The lowest BCUT2D eigenvalue weighted by atomic mass is 10.1. The number of fused-ring (bicyclic) bond motifs is 1. The summed E-state index contributed by atoms with van der Waals surface area (Å²) in [7, 11) is 1.27. The molecule has 2 amide bonds. The Morgan fingerprint density at radius 2 is 1.72 bits per heavy atom. The number of benzene rings is 2. The van der Waals surface area contributed by atoms with E-state index in [-0.39, 0.29) is 23.3 Å². The summed E-state index contributed by atoms with van der Waals surface area (Å²) in [5, 5.41) is 11.1. The monoisotopic (exact) mass is 398 g/mol. The third kappa shape index (κ3) is 3.95. The molecule has 0 saturated heterocycles. The van der Waals surface area contributed by atoms with Crippen LogP contribution >= 0.6 is 0 Å². The van der Waals surface area contributed by atoms with Crippen LogP contribution in [0, 0.1) is 10.1 Å². The second kappa shape index (κ2) is 7.89. The van der Waals surface area contributed by atoms with E-state index >= 15 is 0 Å². The molecule has 0 aliphatic carbocycles. The normalized spacial score (nSPS) is 12.5. The maximum Gasteiger partial charge on any atom is 0.331 e. The molecule has 2 aromatic rings. The van der Waals surface area contributed by atoms with Crippen molar-refractivity contribution in [1.82, 2.24) is 4.90 Å². The van der Waals surface area contributed by atoms with Crippen LogP contribution in [0.15, 0.2) is 42.5 Å². The van der Waals surface area contributed by atoms with E-state index in [0.29, 0.717) is 10.5 Å². The zero-order valence-corrected chi connectivity index (χ0v) is 15.1. The summed E-state index contributed by atoms with van der Waals surface area (Å²) in [5.74, 6) is -2.91. The zero-order valence-electron chi connectivity index (χ0n) is 15.1. The van der Waals surface area contributed by atoms with Gasteiger partial charge in [0.1, 0.15) is 17.9 Å². The SMILES string of the molecule is COC(=O)Cc1ccc(OC(=O)CN2C(=O)c3cccc([N+](=O)[O-])c3C2=O)cc1. The number of rotatable bonds is 6. The quantitative estimate of drug-likeness (QED) is 0.235. The largest absolute Gasteiger partial charge is 0.469 e. The molecule has 10 heteroatoms. The molecule has 0 aromatic heterocycles. The standard InChI is InChI=1S/C19H14N2O8/c1-28-15(22)9-11-5-7-12(8-6-11)29-16(23)10-20-18(24)13-3-2-4-14(21(26)27)17(13)19(20)25/h2-8H,9-10H2,1H3. The first-order valence-corrected chi connectivity index (χ1v) is 8.32.